The molecule has 0 saturated carbocycles. The van der Waals surface area contributed by atoms with Crippen LogP contribution in [0.15, 0.2) is 35.6 Å². The number of hydrogen-bond donors (Lipinski definition) is 2. The monoisotopic (exact) mass is 320 g/mol. The number of rotatable bonds is 6. The zero-order chi connectivity index (χ0) is 15.8. The molecule has 0 aliphatic carbocycles. The molecular weight excluding hydrogens is 300 g/mol. The van der Waals surface area contributed by atoms with E-state index in [2.05, 4.69) is 37.8 Å². The molecule has 2 aromatic rings. The van der Waals surface area contributed by atoms with Crippen molar-refractivity contribution in [1.82, 2.24) is 25.4 Å². The number of aryl methyl sites for hydroxylation is 2. The number of nitrogens with one attached hydrogen (secondary N) is 2. The predicted molar refractivity (Wildman–Crippen MR) is 89.0 cm³/mol. The summed E-state index contributed by atoms with van der Waals surface area (Å²) in [5.41, 5.74) is 1.29. The van der Waals surface area contributed by atoms with Crippen LogP contribution in [-0.2, 0) is 20.0 Å². The minimum atomic E-state index is 0.591. The van der Waals surface area contributed by atoms with Gasteiger partial charge in [0, 0.05) is 25.7 Å². The van der Waals surface area contributed by atoms with Crippen molar-refractivity contribution in [1.29, 1.82) is 0 Å². The molecule has 0 saturated heterocycles. The van der Waals surface area contributed by atoms with E-state index in [4.69, 9.17) is 11.6 Å². The van der Waals surface area contributed by atoms with Crippen molar-refractivity contribution in [2.24, 2.45) is 12.0 Å². The molecule has 0 aliphatic rings. The molecule has 0 atom stereocenters. The molecule has 0 bridgehead atoms. The first-order valence-electron chi connectivity index (χ1n) is 7.21. The lowest BCUT2D eigenvalue weighted by molar-refractivity contribution is 0.669. The summed E-state index contributed by atoms with van der Waals surface area (Å²) in [7, 11) is 3.62. The number of guanidine groups is 1. The molecule has 0 fully saturated rings. The Kier molecular flexibility index (Phi) is 6.21. The Bertz CT molecular complexity index is 605. The Balaban J connectivity index is 1.68. The normalized spacial score (nSPS) is 11.5. The van der Waals surface area contributed by atoms with Crippen LogP contribution in [-0.4, -0.2) is 34.3 Å². The first kappa shape index (κ1) is 16.3. The predicted octanol–water partition coefficient (Wildman–Crippen LogP) is 1.77. The Morgan fingerprint density at radius 2 is 2.05 bits per heavy atom. The third-order valence-corrected chi connectivity index (χ3v) is 3.54. The van der Waals surface area contributed by atoms with Gasteiger partial charge in [-0.05, 0) is 30.5 Å². The second kappa shape index (κ2) is 8.38. The van der Waals surface area contributed by atoms with Gasteiger partial charge in [0.15, 0.2) is 5.96 Å². The topological polar surface area (TPSA) is 67.1 Å². The standard InChI is InChI=1S/C15H21ClN6/c1-17-15(19-10-14-20-11-21-22(14)2)18-9-3-4-12-5-7-13(16)8-6-12/h5-8,11H,3-4,9-10H2,1-2H3,(H2,17,18,19). The fourth-order valence-electron chi connectivity index (χ4n) is 2.01. The molecule has 0 radical (unpaired) electrons. The van der Waals surface area contributed by atoms with Crippen LogP contribution in [0.5, 0.6) is 0 Å². The van der Waals surface area contributed by atoms with Gasteiger partial charge in [-0.15, -0.1) is 0 Å². The molecule has 6 nitrogen and oxygen atoms in total. The van der Waals surface area contributed by atoms with E-state index in [0.717, 1.165) is 36.2 Å². The van der Waals surface area contributed by atoms with E-state index < -0.39 is 0 Å². The summed E-state index contributed by atoms with van der Waals surface area (Å²) < 4.78 is 1.74. The van der Waals surface area contributed by atoms with E-state index in [-0.39, 0.29) is 0 Å². The smallest absolute Gasteiger partial charge is 0.191 e. The first-order valence-corrected chi connectivity index (χ1v) is 7.58. The molecule has 1 aromatic heterocycles. The molecule has 1 heterocycles. The Morgan fingerprint density at radius 1 is 1.27 bits per heavy atom. The third-order valence-electron chi connectivity index (χ3n) is 3.29. The number of benzene rings is 1. The van der Waals surface area contributed by atoms with Gasteiger partial charge < -0.3 is 10.6 Å². The van der Waals surface area contributed by atoms with E-state index in [1.54, 1.807) is 18.1 Å². The van der Waals surface area contributed by atoms with Crippen LogP contribution in [0.3, 0.4) is 0 Å². The zero-order valence-electron chi connectivity index (χ0n) is 12.9. The molecule has 0 unspecified atom stereocenters. The van der Waals surface area contributed by atoms with Crippen molar-refractivity contribution in [2.45, 2.75) is 19.4 Å². The van der Waals surface area contributed by atoms with Crippen LogP contribution in [0, 0.1) is 0 Å². The second-order valence-corrected chi connectivity index (χ2v) is 5.32. The highest BCUT2D eigenvalue weighted by Gasteiger charge is 2.02. The fourth-order valence-corrected chi connectivity index (χ4v) is 2.14. The molecule has 7 heteroatoms. The molecule has 0 spiro atoms. The second-order valence-electron chi connectivity index (χ2n) is 4.88. The van der Waals surface area contributed by atoms with E-state index in [9.17, 15) is 0 Å². The summed E-state index contributed by atoms with van der Waals surface area (Å²) in [5, 5.41) is 11.3. The lowest BCUT2D eigenvalue weighted by Gasteiger charge is -2.11. The van der Waals surface area contributed by atoms with Crippen LogP contribution >= 0.6 is 11.6 Å². The molecule has 1 aromatic carbocycles. The Morgan fingerprint density at radius 3 is 2.68 bits per heavy atom. The van der Waals surface area contributed by atoms with Gasteiger partial charge >= 0.3 is 0 Å². The van der Waals surface area contributed by atoms with E-state index >= 15 is 0 Å². The summed E-state index contributed by atoms with van der Waals surface area (Å²) in [4.78, 5) is 8.35. The lowest BCUT2D eigenvalue weighted by Crippen LogP contribution is -2.38. The zero-order valence-corrected chi connectivity index (χ0v) is 13.6. The fraction of sp³-hybridized carbons (Fsp3) is 0.400. The summed E-state index contributed by atoms with van der Waals surface area (Å²) in [6, 6.07) is 7.96. The first-order chi connectivity index (χ1) is 10.7. The number of nitrogens with zero attached hydrogens (tertiary/aromatic N) is 4. The maximum absolute atomic E-state index is 5.87. The van der Waals surface area contributed by atoms with Crippen LogP contribution in [0.25, 0.3) is 0 Å². The van der Waals surface area contributed by atoms with Gasteiger partial charge in [-0.3, -0.25) is 9.67 Å². The number of hydrogen-bond acceptors (Lipinski definition) is 3. The average Bonchev–Trinajstić information content (AvgIpc) is 2.93. The van der Waals surface area contributed by atoms with Crippen molar-refractivity contribution in [3.8, 4) is 0 Å². The van der Waals surface area contributed by atoms with Crippen molar-refractivity contribution >= 4 is 17.6 Å². The maximum Gasteiger partial charge on any atom is 0.191 e. The van der Waals surface area contributed by atoms with E-state index in [1.165, 1.54) is 5.56 Å². The van der Waals surface area contributed by atoms with Gasteiger partial charge in [0.2, 0.25) is 0 Å². The van der Waals surface area contributed by atoms with Gasteiger partial charge in [-0.1, -0.05) is 23.7 Å². The van der Waals surface area contributed by atoms with Crippen molar-refractivity contribution in [3.63, 3.8) is 0 Å². The highest BCUT2D eigenvalue weighted by molar-refractivity contribution is 6.30. The lowest BCUT2D eigenvalue weighted by atomic mass is 10.1. The van der Waals surface area contributed by atoms with Gasteiger partial charge in [0.05, 0.1) is 6.54 Å². The van der Waals surface area contributed by atoms with Crippen LogP contribution < -0.4 is 10.6 Å². The van der Waals surface area contributed by atoms with Gasteiger partial charge in [-0.2, -0.15) is 5.10 Å². The number of aromatic nitrogens is 3. The summed E-state index contributed by atoms with van der Waals surface area (Å²) in [6.45, 7) is 1.44. The molecule has 118 valence electrons. The average molecular weight is 321 g/mol. The van der Waals surface area contributed by atoms with Gasteiger partial charge in [0.25, 0.3) is 0 Å². The molecule has 2 rings (SSSR count). The van der Waals surface area contributed by atoms with Gasteiger partial charge in [-0.25, -0.2) is 4.98 Å². The quantitative estimate of drug-likeness (QED) is 0.483. The van der Waals surface area contributed by atoms with Gasteiger partial charge in [0.1, 0.15) is 12.2 Å². The highest BCUT2D eigenvalue weighted by Crippen LogP contribution is 2.10. The molecular formula is C15H21ClN6. The maximum atomic E-state index is 5.87. The van der Waals surface area contributed by atoms with Crippen LogP contribution in [0.1, 0.15) is 17.8 Å². The van der Waals surface area contributed by atoms with Crippen LogP contribution in [0.4, 0.5) is 0 Å². The largest absolute Gasteiger partial charge is 0.356 e. The van der Waals surface area contributed by atoms with Crippen LogP contribution in [0.2, 0.25) is 5.02 Å². The molecule has 22 heavy (non-hydrogen) atoms. The van der Waals surface area contributed by atoms with E-state index in [0.29, 0.717) is 6.54 Å². The summed E-state index contributed by atoms with van der Waals surface area (Å²) >= 11 is 5.87. The van der Waals surface area contributed by atoms with E-state index in [1.807, 2.05) is 19.2 Å². The summed E-state index contributed by atoms with van der Waals surface area (Å²) in [6.07, 6.45) is 3.57. The Labute approximate surface area is 135 Å². The molecule has 0 aliphatic heterocycles. The minimum absolute atomic E-state index is 0.591. The Hall–Kier alpha value is -2.08. The van der Waals surface area contributed by atoms with Crippen molar-refractivity contribution in [2.75, 3.05) is 13.6 Å². The number of aliphatic imine (C=N–C) groups is 1. The van der Waals surface area contributed by atoms with Crippen molar-refractivity contribution in [3.05, 3.63) is 47.0 Å². The number of halogens is 1. The van der Waals surface area contributed by atoms with Crippen molar-refractivity contribution < 1.29 is 0 Å². The third kappa shape index (κ3) is 5.04. The minimum Gasteiger partial charge on any atom is -0.356 e. The highest BCUT2D eigenvalue weighted by atomic mass is 35.5. The summed E-state index contributed by atoms with van der Waals surface area (Å²) in [5.74, 6) is 1.63. The molecule has 0 amide bonds. The molecule has 2 N–H and O–H groups in total. The SMILES string of the molecule is CN=C(NCCCc1ccc(Cl)cc1)NCc1ncnn1C.